The number of halogens is 1. The van der Waals surface area contributed by atoms with E-state index >= 15 is 0 Å². The van der Waals surface area contributed by atoms with Gasteiger partial charge in [-0.1, -0.05) is 13.3 Å². The number of hydrogen-bond acceptors (Lipinski definition) is 4. The standard InChI is InChI=1S/C15H29N3O2.ClH/c1-3-6-15(2,16)14(19)18-9-7-17(8-10-18)13-4-11-20-12-5-13;/h13H,3-12,16H2,1-2H3;1H. The Morgan fingerprint density at radius 1 is 1.24 bits per heavy atom. The van der Waals surface area contributed by atoms with Gasteiger partial charge < -0.3 is 15.4 Å². The van der Waals surface area contributed by atoms with Gasteiger partial charge in [0, 0.05) is 45.4 Å². The molecule has 124 valence electrons. The lowest BCUT2D eigenvalue weighted by molar-refractivity contribution is -0.139. The van der Waals surface area contributed by atoms with Crippen LogP contribution >= 0.6 is 12.4 Å². The summed E-state index contributed by atoms with van der Waals surface area (Å²) in [5, 5.41) is 0. The third-order valence-electron chi connectivity index (χ3n) is 4.57. The molecule has 1 atom stereocenters. The Morgan fingerprint density at radius 2 is 1.81 bits per heavy atom. The number of nitrogens with zero attached hydrogens (tertiary/aromatic N) is 2. The second-order valence-corrected chi connectivity index (χ2v) is 6.34. The molecule has 0 radical (unpaired) electrons. The van der Waals surface area contributed by atoms with E-state index in [9.17, 15) is 4.79 Å². The van der Waals surface area contributed by atoms with Crippen LogP contribution in [0.15, 0.2) is 0 Å². The van der Waals surface area contributed by atoms with E-state index in [0.29, 0.717) is 6.04 Å². The van der Waals surface area contributed by atoms with Gasteiger partial charge in [-0.2, -0.15) is 0 Å². The third kappa shape index (κ3) is 4.81. The van der Waals surface area contributed by atoms with Gasteiger partial charge in [0.1, 0.15) is 0 Å². The molecule has 0 aromatic rings. The molecule has 2 aliphatic rings. The number of amides is 1. The lowest BCUT2D eigenvalue weighted by atomic mass is 9.95. The van der Waals surface area contributed by atoms with Crippen molar-refractivity contribution in [1.29, 1.82) is 0 Å². The van der Waals surface area contributed by atoms with E-state index in [0.717, 1.165) is 65.1 Å². The zero-order chi connectivity index (χ0) is 14.6. The van der Waals surface area contributed by atoms with Crippen LogP contribution in [0.25, 0.3) is 0 Å². The van der Waals surface area contributed by atoms with Crippen LogP contribution in [0.5, 0.6) is 0 Å². The van der Waals surface area contributed by atoms with Crippen molar-refractivity contribution >= 4 is 18.3 Å². The Balaban J connectivity index is 0.00000220. The Kier molecular flexibility index (Phi) is 7.40. The molecular formula is C15H30ClN3O2. The van der Waals surface area contributed by atoms with Crippen molar-refractivity contribution in [2.45, 2.75) is 51.1 Å². The Hall–Kier alpha value is -0.360. The van der Waals surface area contributed by atoms with Crippen LogP contribution in [-0.2, 0) is 9.53 Å². The van der Waals surface area contributed by atoms with E-state index in [1.54, 1.807) is 0 Å². The van der Waals surface area contributed by atoms with E-state index in [-0.39, 0.29) is 18.3 Å². The van der Waals surface area contributed by atoms with Crippen LogP contribution in [-0.4, -0.2) is 66.7 Å². The van der Waals surface area contributed by atoms with Crippen LogP contribution < -0.4 is 5.73 Å². The average Bonchev–Trinajstić information content (AvgIpc) is 2.47. The molecule has 0 aromatic carbocycles. The maximum atomic E-state index is 12.5. The SMILES string of the molecule is CCCC(C)(N)C(=O)N1CCN(C2CCOCC2)CC1.Cl. The first-order chi connectivity index (χ1) is 9.54. The molecule has 0 aliphatic carbocycles. The monoisotopic (exact) mass is 319 g/mol. The highest BCUT2D eigenvalue weighted by atomic mass is 35.5. The van der Waals surface area contributed by atoms with Gasteiger partial charge in [0.25, 0.3) is 0 Å². The van der Waals surface area contributed by atoms with Gasteiger partial charge in [-0.3, -0.25) is 9.69 Å². The predicted octanol–water partition coefficient (Wildman–Crippen LogP) is 1.25. The summed E-state index contributed by atoms with van der Waals surface area (Å²) in [5.74, 6) is 0.117. The first kappa shape index (κ1) is 18.7. The van der Waals surface area contributed by atoms with Crippen molar-refractivity contribution in [3.05, 3.63) is 0 Å². The topological polar surface area (TPSA) is 58.8 Å². The second-order valence-electron chi connectivity index (χ2n) is 6.34. The molecule has 5 nitrogen and oxygen atoms in total. The summed E-state index contributed by atoms with van der Waals surface area (Å²) in [5.41, 5.74) is 5.46. The van der Waals surface area contributed by atoms with Crippen molar-refractivity contribution in [3.8, 4) is 0 Å². The fraction of sp³-hybridized carbons (Fsp3) is 0.933. The molecule has 6 heteroatoms. The number of carbonyl (C=O) groups excluding carboxylic acids is 1. The smallest absolute Gasteiger partial charge is 0.242 e. The molecule has 2 N–H and O–H groups in total. The van der Waals surface area contributed by atoms with E-state index in [2.05, 4.69) is 11.8 Å². The van der Waals surface area contributed by atoms with Gasteiger partial charge in [-0.25, -0.2) is 0 Å². The molecule has 2 rings (SSSR count). The second kappa shape index (κ2) is 8.32. The quantitative estimate of drug-likeness (QED) is 0.847. The van der Waals surface area contributed by atoms with Crippen molar-refractivity contribution in [2.75, 3.05) is 39.4 Å². The first-order valence-electron chi connectivity index (χ1n) is 7.94. The van der Waals surface area contributed by atoms with Crippen molar-refractivity contribution in [3.63, 3.8) is 0 Å². The Morgan fingerprint density at radius 3 is 2.33 bits per heavy atom. The van der Waals surface area contributed by atoms with E-state index in [4.69, 9.17) is 10.5 Å². The summed E-state index contributed by atoms with van der Waals surface area (Å²) >= 11 is 0. The Bertz CT molecular complexity index is 325. The van der Waals surface area contributed by atoms with Gasteiger partial charge in [0.2, 0.25) is 5.91 Å². The van der Waals surface area contributed by atoms with Crippen LogP contribution in [0, 0.1) is 0 Å². The van der Waals surface area contributed by atoms with Crippen LogP contribution in [0.3, 0.4) is 0 Å². The fourth-order valence-electron chi connectivity index (χ4n) is 3.33. The molecule has 2 aliphatic heterocycles. The summed E-state index contributed by atoms with van der Waals surface area (Å²) in [6.07, 6.45) is 3.95. The van der Waals surface area contributed by atoms with Gasteiger partial charge in [0.15, 0.2) is 0 Å². The highest BCUT2D eigenvalue weighted by molar-refractivity contribution is 5.86. The number of piperazine rings is 1. The van der Waals surface area contributed by atoms with E-state index < -0.39 is 5.54 Å². The molecule has 0 bridgehead atoms. The number of nitrogens with two attached hydrogens (primary N) is 1. The molecule has 21 heavy (non-hydrogen) atoms. The number of ether oxygens (including phenoxy) is 1. The molecule has 2 heterocycles. The van der Waals surface area contributed by atoms with Crippen LogP contribution in [0.1, 0.15) is 39.5 Å². The minimum atomic E-state index is -0.699. The zero-order valence-corrected chi connectivity index (χ0v) is 14.2. The first-order valence-corrected chi connectivity index (χ1v) is 7.94. The molecule has 0 spiro atoms. The van der Waals surface area contributed by atoms with E-state index in [1.165, 1.54) is 0 Å². The largest absolute Gasteiger partial charge is 0.381 e. The van der Waals surface area contributed by atoms with E-state index in [1.807, 2.05) is 11.8 Å². The minimum Gasteiger partial charge on any atom is -0.381 e. The molecule has 0 saturated carbocycles. The predicted molar refractivity (Wildman–Crippen MR) is 86.7 cm³/mol. The highest BCUT2D eigenvalue weighted by Gasteiger charge is 2.34. The van der Waals surface area contributed by atoms with Gasteiger partial charge >= 0.3 is 0 Å². The molecule has 1 amide bonds. The van der Waals surface area contributed by atoms with Crippen molar-refractivity contribution in [1.82, 2.24) is 9.80 Å². The van der Waals surface area contributed by atoms with Gasteiger partial charge in [-0.05, 0) is 26.2 Å². The van der Waals surface area contributed by atoms with Crippen molar-refractivity contribution < 1.29 is 9.53 Å². The summed E-state index contributed by atoms with van der Waals surface area (Å²) in [7, 11) is 0. The van der Waals surface area contributed by atoms with Gasteiger partial charge in [0.05, 0.1) is 5.54 Å². The lowest BCUT2D eigenvalue weighted by Gasteiger charge is -2.42. The molecule has 1 unspecified atom stereocenters. The average molecular weight is 320 g/mol. The molecular weight excluding hydrogens is 290 g/mol. The third-order valence-corrected chi connectivity index (χ3v) is 4.57. The van der Waals surface area contributed by atoms with Gasteiger partial charge in [-0.15, -0.1) is 12.4 Å². The van der Waals surface area contributed by atoms with Crippen LogP contribution in [0.4, 0.5) is 0 Å². The summed E-state index contributed by atoms with van der Waals surface area (Å²) < 4.78 is 5.41. The van der Waals surface area contributed by atoms with Crippen LogP contribution in [0.2, 0.25) is 0 Å². The maximum Gasteiger partial charge on any atom is 0.242 e. The Labute approximate surface area is 134 Å². The number of hydrogen-bond donors (Lipinski definition) is 1. The number of carbonyl (C=O) groups is 1. The summed E-state index contributed by atoms with van der Waals surface area (Å²) in [6, 6.07) is 0.640. The maximum absolute atomic E-state index is 12.5. The summed E-state index contributed by atoms with van der Waals surface area (Å²) in [4.78, 5) is 16.9. The van der Waals surface area contributed by atoms with Crippen molar-refractivity contribution in [2.24, 2.45) is 5.73 Å². The lowest BCUT2D eigenvalue weighted by Crippen LogP contribution is -2.59. The number of rotatable bonds is 4. The minimum absolute atomic E-state index is 0. The fourth-order valence-corrected chi connectivity index (χ4v) is 3.33. The summed E-state index contributed by atoms with van der Waals surface area (Å²) in [6.45, 7) is 9.25. The highest BCUT2D eigenvalue weighted by Crippen LogP contribution is 2.19. The molecule has 0 aromatic heterocycles. The molecule has 2 fully saturated rings. The zero-order valence-electron chi connectivity index (χ0n) is 13.3. The normalized spacial score (nSPS) is 24.2. The molecule has 2 saturated heterocycles.